The highest BCUT2D eigenvalue weighted by Crippen LogP contribution is 2.35. The second kappa shape index (κ2) is 8.92. The quantitative estimate of drug-likeness (QED) is 0.449. The highest BCUT2D eigenvalue weighted by molar-refractivity contribution is 7.20. The van der Waals surface area contributed by atoms with Crippen molar-refractivity contribution >= 4 is 27.5 Å². The van der Waals surface area contributed by atoms with Gasteiger partial charge in [-0.05, 0) is 49.4 Å². The fourth-order valence-electron chi connectivity index (χ4n) is 4.39. The fourth-order valence-corrected chi connectivity index (χ4v) is 5.49. The molecule has 0 bridgehead atoms. The molecule has 0 saturated heterocycles. The van der Waals surface area contributed by atoms with Crippen LogP contribution in [0.15, 0.2) is 30.3 Å². The van der Waals surface area contributed by atoms with Gasteiger partial charge in [0.15, 0.2) is 5.82 Å². The predicted molar refractivity (Wildman–Crippen MR) is 126 cm³/mol. The van der Waals surface area contributed by atoms with Gasteiger partial charge in [0.05, 0.1) is 35.3 Å². The molecule has 1 N–H and O–H groups in total. The van der Waals surface area contributed by atoms with Crippen molar-refractivity contribution in [1.82, 2.24) is 25.1 Å². The summed E-state index contributed by atoms with van der Waals surface area (Å²) in [5.41, 5.74) is 5.29. The Bertz CT molecular complexity index is 1330. The van der Waals surface area contributed by atoms with E-state index in [1.807, 2.05) is 29.8 Å². The van der Waals surface area contributed by atoms with E-state index in [9.17, 15) is 4.79 Å². The standard InChI is InChI=1S/C24H25N5O3S/c1-14-20-23(32-3)26-19(13-31-2)27-24(20)33-21(14)22(30)25-12-17-16-10-7-11-18(16)29(28-17)15-8-5-4-6-9-15/h4-6,8-9H,7,10-13H2,1-3H3,(H,25,30). The second-order valence-corrected chi connectivity index (χ2v) is 8.97. The summed E-state index contributed by atoms with van der Waals surface area (Å²) in [4.78, 5) is 23.4. The van der Waals surface area contributed by atoms with Crippen LogP contribution in [-0.2, 0) is 30.7 Å². The Morgan fingerprint density at radius 3 is 2.76 bits per heavy atom. The third-order valence-electron chi connectivity index (χ3n) is 5.91. The maximum Gasteiger partial charge on any atom is 0.262 e. The number of aromatic nitrogens is 4. The van der Waals surface area contributed by atoms with Crippen LogP contribution in [0.3, 0.4) is 0 Å². The molecule has 0 aliphatic heterocycles. The van der Waals surface area contributed by atoms with E-state index in [0.717, 1.165) is 41.6 Å². The van der Waals surface area contributed by atoms with Crippen molar-refractivity contribution in [2.45, 2.75) is 39.3 Å². The number of benzene rings is 1. The molecule has 0 spiro atoms. The number of para-hydroxylation sites is 1. The summed E-state index contributed by atoms with van der Waals surface area (Å²) in [6.07, 6.45) is 3.10. The molecule has 8 nitrogen and oxygen atoms in total. The highest BCUT2D eigenvalue weighted by Gasteiger charge is 2.25. The van der Waals surface area contributed by atoms with Crippen LogP contribution in [0.1, 0.15) is 44.4 Å². The number of hydrogen-bond donors (Lipinski definition) is 1. The number of nitrogens with zero attached hydrogens (tertiary/aromatic N) is 4. The van der Waals surface area contributed by atoms with Crippen LogP contribution in [0.4, 0.5) is 0 Å². The van der Waals surface area contributed by atoms with Gasteiger partial charge in [0, 0.05) is 12.8 Å². The second-order valence-electron chi connectivity index (χ2n) is 7.97. The number of aryl methyl sites for hydroxylation is 1. The lowest BCUT2D eigenvalue weighted by Crippen LogP contribution is -2.23. The largest absolute Gasteiger partial charge is 0.480 e. The van der Waals surface area contributed by atoms with E-state index in [0.29, 0.717) is 28.0 Å². The molecule has 0 unspecified atom stereocenters. The summed E-state index contributed by atoms with van der Waals surface area (Å²) in [5.74, 6) is 0.836. The average Bonchev–Trinajstić information content (AvgIpc) is 3.52. The number of ether oxygens (including phenoxy) is 2. The minimum Gasteiger partial charge on any atom is -0.480 e. The van der Waals surface area contributed by atoms with E-state index in [1.165, 1.54) is 22.6 Å². The van der Waals surface area contributed by atoms with E-state index in [2.05, 4.69) is 27.4 Å². The molecule has 4 aromatic rings. The number of thiophene rings is 1. The van der Waals surface area contributed by atoms with Gasteiger partial charge in [-0.15, -0.1) is 11.3 Å². The summed E-state index contributed by atoms with van der Waals surface area (Å²) >= 11 is 1.34. The summed E-state index contributed by atoms with van der Waals surface area (Å²) in [7, 11) is 3.16. The Kier molecular flexibility index (Phi) is 5.82. The molecule has 0 atom stereocenters. The Labute approximate surface area is 195 Å². The summed E-state index contributed by atoms with van der Waals surface area (Å²) < 4.78 is 12.6. The van der Waals surface area contributed by atoms with Gasteiger partial charge in [-0.25, -0.2) is 9.67 Å². The van der Waals surface area contributed by atoms with Crippen molar-refractivity contribution in [3.8, 4) is 11.6 Å². The van der Waals surface area contributed by atoms with Crippen LogP contribution in [-0.4, -0.2) is 39.9 Å². The lowest BCUT2D eigenvalue weighted by molar-refractivity contribution is 0.0954. The Hall–Kier alpha value is -3.30. The molecule has 0 fully saturated rings. The van der Waals surface area contributed by atoms with E-state index < -0.39 is 0 Å². The van der Waals surface area contributed by atoms with Crippen LogP contribution in [0.5, 0.6) is 5.88 Å². The number of carbonyl (C=O) groups excluding carboxylic acids is 1. The van der Waals surface area contributed by atoms with Crippen molar-refractivity contribution in [2.24, 2.45) is 0 Å². The number of carbonyl (C=O) groups is 1. The van der Waals surface area contributed by atoms with Crippen LogP contribution in [0.25, 0.3) is 15.9 Å². The van der Waals surface area contributed by atoms with Crippen LogP contribution >= 0.6 is 11.3 Å². The van der Waals surface area contributed by atoms with Gasteiger partial charge in [-0.3, -0.25) is 4.79 Å². The van der Waals surface area contributed by atoms with E-state index >= 15 is 0 Å². The van der Waals surface area contributed by atoms with E-state index in [4.69, 9.17) is 14.6 Å². The van der Waals surface area contributed by atoms with Gasteiger partial charge in [0.25, 0.3) is 5.91 Å². The molecule has 0 radical (unpaired) electrons. The van der Waals surface area contributed by atoms with Crippen molar-refractivity contribution in [1.29, 1.82) is 0 Å². The molecule has 9 heteroatoms. The van der Waals surface area contributed by atoms with Crippen LogP contribution in [0.2, 0.25) is 0 Å². The molecule has 0 saturated carbocycles. The number of rotatable bonds is 7. The number of amides is 1. The molecule has 1 aliphatic rings. The number of hydrogen-bond acceptors (Lipinski definition) is 7. The monoisotopic (exact) mass is 463 g/mol. The van der Waals surface area contributed by atoms with Crippen molar-refractivity contribution in [3.05, 3.63) is 63.5 Å². The zero-order chi connectivity index (χ0) is 22.9. The molecule has 1 aromatic carbocycles. The van der Waals surface area contributed by atoms with Crippen molar-refractivity contribution in [3.63, 3.8) is 0 Å². The Morgan fingerprint density at radius 2 is 2.00 bits per heavy atom. The first-order valence-corrected chi connectivity index (χ1v) is 11.7. The lowest BCUT2D eigenvalue weighted by Gasteiger charge is -2.06. The molecule has 5 rings (SSSR count). The smallest absolute Gasteiger partial charge is 0.262 e. The van der Waals surface area contributed by atoms with Gasteiger partial charge in [-0.1, -0.05) is 18.2 Å². The molecule has 170 valence electrons. The first kappa shape index (κ1) is 21.5. The number of fused-ring (bicyclic) bond motifs is 2. The molecule has 3 heterocycles. The molecular formula is C24H25N5O3S. The minimum absolute atomic E-state index is 0.146. The van der Waals surface area contributed by atoms with Crippen molar-refractivity contribution < 1.29 is 14.3 Å². The zero-order valence-electron chi connectivity index (χ0n) is 18.8. The van der Waals surface area contributed by atoms with Gasteiger partial charge in [-0.2, -0.15) is 10.1 Å². The molecule has 1 amide bonds. The lowest BCUT2D eigenvalue weighted by atomic mass is 10.2. The summed E-state index contributed by atoms with van der Waals surface area (Å²) in [6.45, 7) is 2.56. The average molecular weight is 464 g/mol. The third kappa shape index (κ3) is 3.87. The van der Waals surface area contributed by atoms with Crippen molar-refractivity contribution in [2.75, 3.05) is 14.2 Å². The van der Waals surface area contributed by atoms with E-state index in [-0.39, 0.29) is 12.5 Å². The maximum absolute atomic E-state index is 13.1. The van der Waals surface area contributed by atoms with Gasteiger partial charge < -0.3 is 14.8 Å². The Morgan fingerprint density at radius 1 is 1.18 bits per heavy atom. The molecular weight excluding hydrogens is 438 g/mol. The van der Waals surface area contributed by atoms with Crippen LogP contribution in [0, 0.1) is 6.92 Å². The zero-order valence-corrected chi connectivity index (χ0v) is 19.7. The van der Waals surface area contributed by atoms with Gasteiger partial charge in [0.1, 0.15) is 11.4 Å². The number of nitrogens with one attached hydrogen (secondary N) is 1. The normalized spacial score (nSPS) is 12.8. The summed E-state index contributed by atoms with van der Waals surface area (Å²) in [5, 5.41) is 8.68. The topological polar surface area (TPSA) is 91.2 Å². The maximum atomic E-state index is 13.1. The molecule has 3 aromatic heterocycles. The molecule has 33 heavy (non-hydrogen) atoms. The SMILES string of the molecule is COCc1nc(OC)c2c(C)c(C(=O)NCc3nn(-c4ccccc4)c4c3CCC4)sc2n1. The van der Waals surface area contributed by atoms with Crippen LogP contribution < -0.4 is 10.1 Å². The highest BCUT2D eigenvalue weighted by atomic mass is 32.1. The summed E-state index contributed by atoms with van der Waals surface area (Å²) in [6, 6.07) is 10.1. The van der Waals surface area contributed by atoms with Gasteiger partial charge in [0.2, 0.25) is 5.88 Å². The minimum atomic E-state index is -0.146. The van der Waals surface area contributed by atoms with Gasteiger partial charge >= 0.3 is 0 Å². The first-order chi connectivity index (χ1) is 16.1. The first-order valence-electron chi connectivity index (χ1n) is 10.9. The Balaban J connectivity index is 1.42. The third-order valence-corrected chi connectivity index (χ3v) is 7.09. The predicted octanol–water partition coefficient (Wildman–Crippen LogP) is 3.76. The number of methoxy groups -OCH3 is 2. The fraction of sp³-hybridized carbons (Fsp3) is 0.333. The van der Waals surface area contributed by atoms with E-state index in [1.54, 1.807) is 14.2 Å². The molecule has 1 aliphatic carbocycles.